The molecule has 0 atom stereocenters. The van der Waals surface area contributed by atoms with Crippen LogP contribution in [0.4, 0.5) is 0 Å². The average Bonchev–Trinajstić information content (AvgIpc) is 3.53. The highest BCUT2D eigenvalue weighted by molar-refractivity contribution is 7.89. The first kappa shape index (κ1) is 27.3. The summed E-state index contributed by atoms with van der Waals surface area (Å²) in [5.41, 5.74) is 1.63. The molecule has 0 saturated carbocycles. The van der Waals surface area contributed by atoms with Crippen molar-refractivity contribution < 1.29 is 13.2 Å². The zero-order valence-electron chi connectivity index (χ0n) is 22.8. The predicted octanol–water partition coefficient (Wildman–Crippen LogP) is 2.74. The second-order valence-corrected chi connectivity index (χ2v) is 12.0. The Morgan fingerprint density at radius 3 is 2.69 bits per heavy atom. The fraction of sp³-hybridized carbons (Fsp3) is 0.538. The molecule has 1 fully saturated rings. The summed E-state index contributed by atoms with van der Waals surface area (Å²) in [5, 5.41) is 8.09. The highest BCUT2D eigenvalue weighted by Gasteiger charge is 2.28. The molecule has 1 aromatic carbocycles. The third-order valence-corrected chi connectivity index (χ3v) is 9.01. The first-order chi connectivity index (χ1) is 18.8. The standard InChI is InChI=1S/C26H36N8O4S/c1-4-6-7-13-33-24-22(25-30-27-18-34(25)26(33)35)28-23(29-24)20-17-19(9-10-21(20)38-16-5-2)39(36,37)32-12-8-11-31(3)14-15-32/h9-10,17-18H,4-8,11-16H2,1-3H3,(H,28,29). The summed E-state index contributed by atoms with van der Waals surface area (Å²) < 4.78 is 38.0. The second kappa shape index (κ2) is 11.4. The molecule has 4 heterocycles. The Hall–Kier alpha value is -3.29. The number of sulfonamides is 1. The molecule has 1 saturated heterocycles. The lowest BCUT2D eigenvalue weighted by Gasteiger charge is -2.21. The van der Waals surface area contributed by atoms with E-state index in [0.29, 0.717) is 66.7 Å². The quantitative estimate of drug-likeness (QED) is 0.295. The van der Waals surface area contributed by atoms with Crippen LogP contribution in [0.15, 0.2) is 34.2 Å². The van der Waals surface area contributed by atoms with E-state index >= 15 is 0 Å². The number of aromatic amines is 1. The maximum atomic E-state index is 13.7. The van der Waals surface area contributed by atoms with E-state index in [4.69, 9.17) is 9.72 Å². The van der Waals surface area contributed by atoms with Gasteiger partial charge in [-0.3, -0.25) is 4.57 Å². The number of rotatable bonds is 10. The Morgan fingerprint density at radius 1 is 1.05 bits per heavy atom. The first-order valence-electron chi connectivity index (χ1n) is 13.6. The SMILES string of the molecule is CCCCCn1c(=O)n2cnnc2c2[nH]c(-c3cc(S(=O)(=O)N4CCCN(C)CC4)ccc3OCCC)nc21. The summed E-state index contributed by atoms with van der Waals surface area (Å²) in [6, 6.07) is 4.90. The lowest BCUT2D eigenvalue weighted by molar-refractivity contribution is 0.318. The fourth-order valence-corrected chi connectivity index (χ4v) is 6.43. The Bertz CT molecular complexity index is 1620. The molecule has 1 aliphatic rings. The molecular weight excluding hydrogens is 520 g/mol. The zero-order chi connectivity index (χ0) is 27.6. The van der Waals surface area contributed by atoms with Crippen LogP contribution in [0.1, 0.15) is 46.0 Å². The predicted molar refractivity (Wildman–Crippen MR) is 149 cm³/mol. The van der Waals surface area contributed by atoms with E-state index in [2.05, 4.69) is 27.0 Å². The number of nitrogens with one attached hydrogen (secondary N) is 1. The number of hydrogen-bond donors (Lipinski definition) is 1. The third kappa shape index (κ3) is 5.30. The van der Waals surface area contributed by atoms with Crippen molar-refractivity contribution in [2.75, 3.05) is 39.8 Å². The summed E-state index contributed by atoms with van der Waals surface area (Å²) in [6.07, 6.45) is 5.78. The maximum Gasteiger partial charge on any atom is 0.336 e. The van der Waals surface area contributed by atoms with Crippen LogP contribution in [0.5, 0.6) is 5.75 Å². The molecule has 0 unspecified atom stereocenters. The highest BCUT2D eigenvalue weighted by Crippen LogP contribution is 2.33. The number of aryl methyl sites for hydroxylation is 1. The van der Waals surface area contributed by atoms with Gasteiger partial charge in [0.2, 0.25) is 10.0 Å². The Balaban J connectivity index is 1.64. The molecule has 39 heavy (non-hydrogen) atoms. The minimum absolute atomic E-state index is 0.180. The Kier molecular flexibility index (Phi) is 8.01. The Morgan fingerprint density at radius 2 is 1.90 bits per heavy atom. The highest BCUT2D eigenvalue weighted by atomic mass is 32.2. The number of hydrogen-bond acceptors (Lipinski definition) is 8. The van der Waals surface area contributed by atoms with E-state index in [9.17, 15) is 13.2 Å². The molecule has 1 aliphatic heterocycles. The molecule has 0 radical (unpaired) electrons. The second-order valence-electron chi connectivity index (χ2n) is 10.0. The van der Waals surface area contributed by atoms with Crippen molar-refractivity contribution in [3.05, 3.63) is 35.0 Å². The molecule has 13 heteroatoms. The average molecular weight is 557 g/mol. The first-order valence-corrected chi connectivity index (χ1v) is 15.1. The monoisotopic (exact) mass is 556 g/mol. The van der Waals surface area contributed by atoms with Crippen molar-refractivity contribution >= 4 is 26.8 Å². The largest absolute Gasteiger partial charge is 0.493 e. The number of likely N-dealkylation sites (N-methyl/N-ethyl adjacent to an activating group) is 1. The molecule has 210 valence electrons. The number of unbranched alkanes of at least 4 members (excludes halogenated alkanes) is 2. The zero-order valence-corrected chi connectivity index (χ0v) is 23.6. The normalized spacial score (nSPS) is 15.8. The van der Waals surface area contributed by atoms with Gasteiger partial charge in [-0.15, -0.1) is 10.2 Å². The van der Waals surface area contributed by atoms with E-state index in [1.54, 1.807) is 27.1 Å². The number of imidazole rings is 1. The summed E-state index contributed by atoms with van der Waals surface area (Å²) in [6.45, 7) is 7.52. The minimum atomic E-state index is -3.73. The number of aromatic nitrogens is 6. The number of benzene rings is 1. The number of fused-ring (bicyclic) bond motifs is 3. The molecule has 0 aliphatic carbocycles. The molecule has 3 aromatic heterocycles. The third-order valence-electron chi connectivity index (χ3n) is 7.12. The van der Waals surface area contributed by atoms with E-state index < -0.39 is 10.0 Å². The van der Waals surface area contributed by atoms with Crippen molar-refractivity contribution in [3.63, 3.8) is 0 Å². The van der Waals surface area contributed by atoms with Crippen LogP contribution >= 0.6 is 0 Å². The molecule has 0 amide bonds. The molecule has 4 aromatic rings. The van der Waals surface area contributed by atoms with Crippen LogP contribution in [0.2, 0.25) is 0 Å². The van der Waals surface area contributed by atoms with E-state index in [0.717, 1.165) is 38.6 Å². The van der Waals surface area contributed by atoms with Crippen molar-refractivity contribution in [1.29, 1.82) is 0 Å². The van der Waals surface area contributed by atoms with Gasteiger partial charge in [-0.05, 0) is 51.1 Å². The van der Waals surface area contributed by atoms with Gasteiger partial charge in [0.15, 0.2) is 11.3 Å². The number of nitrogens with zero attached hydrogens (tertiary/aromatic N) is 7. The van der Waals surface area contributed by atoms with Gasteiger partial charge < -0.3 is 14.6 Å². The lowest BCUT2D eigenvalue weighted by Crippen LogP contribution is -2.34. The summed E-state index contributed by atoms with van der Waals surface area (Å²) in [7, 11) is -1.73. The minimum Gasteiger partial charge on any atom is -0.493 e. The smallest absolute Gasteiger partial charge is 0.336 e. The fourth-order valence-electron chi connectivity index (χ4n) is 4.94. The van der Waals surface area contributed by atoms with E-state index in [-0.39, 0.29) is 10.6 Å². The molecular formula is C26H36N8O4S. The Labute approximate surface area is 227 Å². The van der Waals surface area contributed by atoms with Gasteiger partial charge in [-0.2, -0.15) is 4.31 Å². The summed E-state index contributed by atoms with van der Waals surface area (Å²) >= 11 is 0. The van der Waals surface area contributed by atoms with Crippen LogP contribution in [-0.2, 0) is 16.6 Å². The topological polar surface area (TPSA) is 131 Å². The summed E-state index contributed by atoms with van der Waals surface area (Å²) in [4.78, 5) is 23.7. The van der Waals surface area contributed by atoms with Crippen molar-refractivity contribution in [3.8, 4) is 17.1 Å². The van der Waals surface area contributed by atoms with Gasteiger partial charge in [-0.25, -0.2) is 22.6 Å². The van der Waals surface area contributed by atoms with Crippen LogP contribution in [0.25, 0.3) is 28.2 Å². The van der Waals surface area contributed by atoms with Crippen LogP contribution in [0.3, 0.4) is 0 Å². The molecule has 1 N–H and O–H groups in total. The van der Waals surface area contributed by atoms with Crippen LogP contribution < -0.4 is 10.4 Å². The van der Waals surface area contributed by atoms with Gasteiger partial charge in [0.25, 0.3) is 0 Å². The summed E-state index contributed by atoms with van der Waals surface area (Å²) in [5.74, 6) is 0.923. The van der Waals surface area contributed by atoms with Gasteiger partial charge in [0.1, 0.15) is 23.4 Å². The van der Waals surface area contributed by atoms with Crippen LogP contribution in [0, 0.1) is 0 Å². The molecule has 12 nitrogen and oxygen atoms in total. The van der Waals surface area contributed by atoms with Crippen molar-refractivity contribution in [2.24, 2.45) is 0 Å². The van der Waals surface area contributed by atoms with E-state index in [1.807, 2.05) is 14.0 Å². The van der Waals surface area contributed by atoms with Crippen LogP contribution in [-0.4, -0.2) is 86.6 Å². The van der Waals surface area contributed by atoms with Gasteiger partial charge in [-0.1, -0.05) is 26.7 Å². The number of ether oxygens (including phenoxy) is 1. The van der Waals surface area contributed by atoms with Gasteiger partial charge in [0.05, 0.1) is 17.1 Å². The lowest BCUT2D eigenvalue weighted by atomic mass is 10.2. The van der Waals surface area contributed by atoms with Crippen molar-refractivity contribution in [1.82, 2.24) is 38.3 Å². The molecule has 0 bridgehead atoms. The van der Waals surface area contributed by atoms with Gasteiger partial charge >= 0.3 is 5.69 Å². The molecule has 5 rings (SSSR count). The van der Waals surface area contributed by atoms with E-state index in [1.165, 1.54) is 10.7 Å². The number of H-pyrrole nitrogens is 1. The maximum absolute atomic E-state index is 13.7. The van der Waals surface area contributed by atoms with Crippen molar-refractivity contribution in [2.45, 2.75) is 57.4 Å². The van der Waals surface area contributed by atoms with Gasteiger partial charge in [0, 0.05) is 26.2 Å². The molecule has 0 spiro atoms.